The summed E-state index contributed by atoms with van der Waals surface area (Å²) in [4.78, 5) is 38.0. The minimum Gasteiger partial charge on any atom is -0.478 e. The Balaban J connectivity index is 1.72. The molecule has 200 valence electrons. The van der Waals surface area contributed by atoms with Gasteiger partial charge >= 0.3 is 5.97 Å². The first-order chi connectivity index (χ1) is 16.5. The molecule has 4 rings (SSSR count). The van der Waals surface area contributed by atoms with Crippen molar-refractivity contribution in [2.75, 3.05) is 0 Å². The molecule has 2 saturated carbocycles. The van der Waals surface area contributed by atoms with Crippen LogP contribution in [0, 0.1) is 39.4 Å². The highest BCUT2D eigenvalue weighted by Gasteiger charge is 2.68. The van der Waals surface area contributed by atoms with Crippen molar-refractivity contribution < 1.29 is 29.7 Å². The van der Waals surface area contributed by atoms with Crippen LogP contribution >= 0.6 is 0 Å². The summed E-state index contributed by atoms with van der Waals surface area (Å²) in [5.74, 6) is -0.475. The van der Waals surface area contributed by atoms with Gasteiger partial charge in [0.25, 0.3) is 0 Å². The summed E-state index contributed by atoms with van der Waals surface area (Å²) in [7, 11) is 0. The van der Waals surface area contributed by atoms with Crippen molar-refractivity contribution >= 4 is 17.5 Å². The van der Waals surface area contributed by atoms with Crippen LogP contribution in [0.2, 0.25) is 0 Å². The minimum absolute atomic E-state index is 0.00701. The standard InChI is InChI=1S/C30H44O6/c1-16(12-18(31)13-17(2)26(35)36)20-14-24(34)30(7)19-8-9-22-27(3,4)23(33)10-11-28(22,5)25(19)21(32)15-29(20,30)6/h13,16,18,20,22,24,31,34H,8-12,14-15H2,1-7H3,(H,35,36)/b17-13+/t16-,18+,20-,22?,24+,28+,29-,30-/m1/s1. The molecule has 36 heavy (non-hydrogen) atoms. The third kappa shape index (κ3) is 3.61. The van der Waals surface area contributed by atoms with E-state index >= 15 is 0 Å². The molecule has 0 aliphatic heterocycles. The first-order valence-electron chi connectivity index (χ1n) is 13.6. The Morgan fingerprint density at radius 2 is 1.78 bits per heavy atom. The smallest absolute Gasteiger partial charge is 0.331 e. The van der Waals surface area contributed by atoms with Gasteiger partial charge < -0.3 is 15.3 Å². The summed E-state index contributed by atoms with van der Waals surface area (Å²) in [6.45, 7) is 14.0. The van der Waals surface area contributed by atoms with E-state index < -0.39 is 34.4 Å². The molecule has 0 spiro atoms. The Bertz CT molecular complexity index is 1050. The highest BCUT2D eigenvalue weighted by molar-refractivity contribution is 6.00. The molecule has 2 fully saturated rings. The first-order valence-corrected chi connectivity index (χ1v) is 13.6. The van der Waals surface area contributed by atoms with Crippen LogP contribution in [0.1, 0.15) is 93.4 Å². The molecule has 4 aliphatic carbocycles. The third-order valence-electron chi connectivity index (χ3n) is 11.4. The van der Waals surface area contributed by atoms with E-state index in [0.29, 0.717) is 32.1 Å². The zero-order valence-corrected chi connectivity index (χ0v) is 23.0. The summed E-state index contributed by atoms with van der Waals surface area (Å²) < 4.78 is 0. The van der Waals surface area contributed by atoms with E-state index in [2.05, 4.69) is 20.8 Å². The SMILES string of the molecule is C/C(=C\[C@@H](O)C[C@@H](C)[C@H]1C[C@H](O)[C@@]2(C)C3=C(C(=O)C[C@]12C)[C@@]1(C)CCC(=O)C(C)(C)C1CC3)C(=O)O. The van der Waals surface area contributed by atoms with Gasteiger partial charge in [-0.3, -0.25) is 9.59 Å². The van der Waals surface area contributed by atoms with Gasteiger partial charge in [0.2, 0.25) is 0 Å². The van der Waals surface area contributed by atoms with Crippen LogP contribution in [0.3, 0.4) is 0 Å². The molecule has 0 amide bonds. The number of aliphatic hydroxyl groups is 2. The molecule has 3 N–H and O–H groups in total. The number of aliphatic carboxylic acids is 1. The Morgan fingerprint density at radius 1 is 1.14 bits per heavy atom. The van der Waals surface area contributed by atoms with Crippen LogP contribution in [0.4, 0.5) is 0 Å². The number of carboxylic acids is 1. The number of carbonyl (C=O) groups excluding carboxylic acids is 2. The molecule has 0 heterocycles. The average molecular weight is 501 g/mol. The summed E-state index contributed by atoms with van der Waals surface area (Å²) in [6, 6.07) is 0. The number of hydrogen-bond donors (Lipinski definition) is 3. The fourth-order valence-corrected chi connectivity index (χ4v) is 9.22. The fraction of sp³-hybridized carbons (Fsp3) is 0.767. The van der Waals surface area contributed by atoms with E-state index in [1.807, 2.05) is 20.8 Å². The van der Waals surface area contributed by atoms with E-state index in [4.69, 9.17) is 5.11 Å². The Morgan fingerprint density at radius 3 is 2.39 bits per heavy atom. The molecule has 0 radical (unpaired) electrons. The number of aliphatic hydroxyl groups excluding tert-OH is 2. The molecule has 6 heteroatoms. The van der Waals surface area contributed by atoms with Gasteiger partial charge in [-0.05, 0) is 68.3 Å². The topological polar surface area (TPSA) is 112 Å². The predicted molar refractivity (Wildman–Crippen MR) is 137 cm³/mol. The van der Waals surface area contributed by atoms with E-state index in [-0.39, 0.29) is 40.3 Å². The van der Waals surface area contributed by atoms with Crippen molar-refractivity contribution in [2.45, 2.75) is 106 Å². The van der Waals surface area contributed by atoms with Crippen molar-refractivity contribution in [3.05, 3.63) is 22.8 Å². The molecule has 6 nitrogen and oxygen atoms in total. The molecule has 1 unspecified atom stereocenters. The second-order valence-corrected chi connectivity index (χ2v) is 13.5. The lowest BCUT2D eigenvalue weighted by molar-refractivity contribution is -0.143. The monoisotopic (exact) mass is 500 g/mol. The average Bonchev–Trinajstić information content (AvgIpc) is 2.97. The molecule has 0 saturated heterocycles. The molecule has 0 aromatic rings. The van der Waals surface area contributed by atoms with Crippen LogP contribution < -0.4 is 0 Å². The number of allylic oxidation sites excluding steroid dienone is 1. The van der Waals surface area contributed by atoms with Gasteiger partial charge in [0, 0.05) is 40.2 Å². The first kappa shape index (κ1) is 27.3. The van der Waals surface area contributed by atoms with Crippen LogP contribution in [0.25, 0.3) is 0 Å². The second-order valence-electron chi connectivity index (χ2n) is 13.5. The molecular formula is C30H44O6. The summed E-state index contributed by atoms with van der Waals surface area (Å²) in [6.07, 6.45) is 3.92. The Kier molecular flexibility index (Phi) is 6.53. The zero-order chi connectivity index (χ0) is 27.0. The summed E-state index contributed by atoms with van der Waals surface area (Å²) >= 11 is 0. The number of hydrogen-bond acceptors (Lipinski definition) is 5. The van der Waals surface area contributed by atoms with Gasteiger partial charge in [-0.15, -0.1) is 0 Å². The van der Waals surface area contributed by atoms with Crippen LogP contribution in [-0.2, 0) is 14.4 Å². The number of ketones is 2. The van der Waals surface area contributed by atoms with Gasteiger partial charge in [-0.2, -0.15) is 0 Å². The third-order valence-corrected chi connectivity index (χ3v) is 11.4. The zero-order valence-electron chi connectivity index (χ0n) is 23.0. The highest BCUT2D eigenvalue weighted by Crippen LogP contribution is 2.71. The number of fused-ring (bicyclic) bond motifs is 4. The quantitative estimate of drug-likeness (QED) is 0.464. The van der Waals surface area contributed by atoms with Crippen molar-refractivity contribution in [1.82, 2.24) is 0 Å². The van der Waals surface area contributed by atoms with Gasteiger partial charge in [-0.25, -0.2) is 4.79 Å². The largest absolute Gasteiger partial charge is 0.478 e. The van der Waals surface area contributed by atoms with Crippen molar-refractivity contribution in [1.29, 1.82) is 0 Å². The number of carbonyl (C=O) groups is 3. The van der Waals surface area contributed by atoms with E-state index in [9.17, 15) is 24.6 Å². The maximum absolute atomic E-state index is 14.0. The maximum atomic E-state index is 14.0. The summed E-state index contributed by atoms with van der Waals surface area (Å²) in [5.41, 5.74) is 0.282. The molecule has 0 aromatic heterocycles. The lowest BCUT2D eigenvalue weighted by atomic mass is 9.43. The van der Waals surface area contributed by atoms with Crippen molar-refractivity contribution in [3.8, 4) is 0 Å². The molecule has 0 aromatic carbocycles. The van der Waals surface area contributed by atoms with Gasteiger partial charge in [-0.1, -0.05) is 47.1 Å². The van der Waals surface area contributed by atoms with E-state index in [0.717, 1.165) is 24.0 Å². The fourth-order valence-electron chi connectivity index (χ4n) is 9.22. The van der Waals surface area contributed by atoms with Crippen molar-refractivity contribution in [3.63, 3.8) is 0 Å². The molecular weight excluding hydrogens is 456 g/mol. The number of rotatable bonds is 5. The molecule has 0 bridgehead atoms. The van der Waals surface area contributed by atoms with Gasteiger partial charge in [0.1, 0.15) is 5.78 Å². The molecule has 8 atom stereocenters. The van der Waals surface area contributed by atoms with E-state index in [1.54, 1.807) is 0 Å². The van der Waals surface area contributed by atoms with Crippen LogP contribution in [0.15, 0.2) is 22.8 Å². The van der Waals surface area contributed by atoms with Crippen LogP contribution in [-0.4, -0.2) is 45.1 Å². The van der Waals surface area contributed by atoms with Crippen LogP contribution in [0.5, 0.6) is 0 Å². The predicted octanol–water partition coefficient (Wildman–Crippen LogP) is 4.87. The number of carboxylic acid groups (broad SMARTS) is 1. The van der Waals surface area contributed by atoms with Gasteiger partial charge in [0.15, 0.2) is 5.78 Å². The lowest BCUT2D eigenvalue weighted by Crippen LogP contribution is -2.57. The number of Topliss-reactive ketones (excluding diaryl/α,β-unsaturated/α-hetero) is 2. The minimum atomic E-state index is -1.05. The van der Waals surface area contributed by atoms with Gasteiger partial charge in [0.05, 0.1) is 12.2 Å². The lowest BCUT2D eigenvalue weighted by Gasteiger charge is -2.60. The summed E-state index contributed by atoms with van der Waals surface area (Å²) in [5, 5.41) is 31.4. The second kappa shape index (κ2) is 8.62. The van der Waals surface area contributed by atoms with Crippen molar-refractivity contribution in [2.24, 2.45) is 39.4 Å². The Labute approximate surface area is 215 Å². The molecule has 4 aliphatic rings. The van der Waals surface area contributed by atoms with E-state index in [1.165, 1.54) is 13.0 Å². The normalized spacial score (nSPS) is 41.9. The maximum Gasteiger partial charge on any atom is 0.331 e. The Hall–Kier alpha value is -1.79. The highest BCUT2D eigenvalue weighted by atomic mass is 16.4.